The topological polar surface area (TPSA) is 74.2 Å². The summed E-state index contributed by atoms with van der Waals surface area (Å²) in [6.45, 7) is 21.7. The lowest BCUT2D eigenvalue weighted by Gasteiger charge is -2.34. The van der Waals surface area contributed by atoms with Crippen LogP contribution < -0.4 is 10.6 Å². The summed E-state index contributed by atoms with van der Waals surface area (Å²) in [5, 5.41) is 11.4. The van der Waals surface area contributed by atoms with Gasteiger partial charge in [0, 0.05) is 16.6 Å². The van der Waals surface area contributed by atoms with E-state index in [2.05, 4.69) is 82.2 Å². The van der Waals surface area contributed by atoms with Gasteiger partial charge in [0.15, 0.2) is 0 Å². The van der Waals surface area contributed by atoms with Gasteiger partial charge in [-0.3, -0.25) is 4.79 Å². The molecular formula is C26H39N5O. The van der Waals surface area contributed by atoms with E-state index in [4.69, 9.17) is 0 Å². The highest BCUT2D eigenvalue weighted by atomic mass is 16.1. The lowest BCUT2D eigenvalue weighted by atomic mass is 9.81. The van der Waals surface area contributed by atoms with Crippen LogP contribution in [0.15, 0.2) is 24.4 Å². The third-order valence-electron chi connectivity index (χ3n) is 5.36. The molecule has 0 aliphatic rings. The minimum atomic E-state index is -0.174. The number of aromatic nitrogens is 3. The van der Waals surface area contributed by atoms with Crippen LogP contribution >= 0.6 is 0 Å². The predicted molar refractivity (Wildman–Crippen MR) is 134 cm³/mol. The van der Waals surface area contributed by atoms with Crippen LogP contribution in [0.5, 0.6) is 0 Å². The molecule has 32 heavy (non-hydrogen) atoms. The van der Waals surface area contributed by atoms with E-state index in [1.165, 1.54) is 0 Å². The van der Waals surface area contributed by atoms with Crippen molar-refractivity contribution >= 4 is 23.1 Å². The molecule has 6 nitrogen and oxygen atoms in total. The van der Waals surface area contributed by atoms with Crippen molar-refractivity contribution in [3.63, 3.8) is 0 Å². The molecule has 0 radical (unpaired) electrons. The van der Waals surface area contributed by atoms with Crippen LogP contribution in [0.2, 0.25) is 0 Å². The van der Waals surface area contributed by atoms with E-state index >= 15 is 0 Å². The van der Waals surface area contributed by atoms with Crippen LogP contribution in [0.3, 0.4) is 0 Å². The van der Waals surface area contributed by atoms with Crippen molar-refractivity contribution in [2.75, 3.05) is 10.6 Å². The van der Waals surface area contributed by atoms with E-state index in [1.54, 1.807) is 6.20 Å². The first-order chi connectivity index (χ1) is 14.6. The molecule has 1 aromatic carbocycles. The molecule has 0 unspecified atom stereocenters. The van der Waals surface area contributed by atoms with Gasteiger partial charge in [-0.2, -0.15) is 9.61 Å². The first-order valence-corrected chi connectivity index (χ1v) is 11.3. The summed E-state index contributed by atoms with van der Waals surface area (Å²) in [7, 11) is 0. The van der Waals surface area contributed by atoms with Crippen LogP contribution in [-0.4, -0.2) is 26.0 Å². The summed E-state index contributed by atoms with van der Waals surface area (Å²) in [5.74, 6) is 0.736. The number of fused-ring (bicyclic) bond motifs is 1. The fraction of sp³-hybridized carbons (Fsp3) is 0.538. The zero-order chi connectivity index (χ0) is 24.1. The molecule has 3 aromatic rings. The number of hydrogen-bond donors (Lipinski definition) is 3. The number of aromatic amines is 1. The Morgan fingerprint density at radius 2 is 1.59 bits per heavy atom. The molecule has 1 amide bonds. The number of nitrogens with one attached hydrogen (secondary N) is 3. The molecule has 174 valence electrons. The molecule has 3 rings (SSSR count). The molecule has 0 saturated carbocycles. The summed E-state index contributed by atoms with van der Waals surface area (Å²) in [4.78, 5) is 16.7. The van der Waals surface area contributed by atoms with E-state index in [-0.39, 0.29) is 22.3 Å². The number of carbonyl (C=O) groups is 1. The number of carbonyl (C=O) groups excluding carboxylic acids is 1. The molecule has 0 saturated heterocycles. The monoisotopic (exact) mass is 437 g/mol. The highest BCUT2D eigenvalue weighted by Crippen LogP contribution is 2.35. The van der Waals surface area contributed by atoms with Gasteiger partial charge in [0.05, 0.1) is 11.9 Å². The second-order valence-corrected chi connectivity index (χ2v) is 12.0. The molecule has 0 spiro atoms. The van der Waals surface area contributed by atoms with E-state index in [0.717, 1.165) is 34.7 Å². The Morgan fingerprint density at radius 1 is 1.00 bits per heavy atom. The summed E-state index contributed by atoms with van der Waals surface area (Å²) < 4.78 is 1.83. The number of imidazole rings is 1. The van der Waals surface area contributed by atoms with Crippen molar-refractivity contribution in [3.8, 4) is 0 Å². The van der Waals surface area contributed by atoms with Crippen LogP contribution in [0.4, 0.5) is 11.5 Å². The van der Waals surface area contributed by atoms with Crippen molar-refractivity contribution in [1.82, 2.24) is 14.6 Å². The Morgan fingerprint density at radius 3 is 2.12 bits per heavy atom. The van der Waals surface area contributed by atoms with Crippen molar-refractivity contribution < 1.29 is 4.79 Å². The molecule has 2 aromatic heterocycles. The number of nitrogens with zero attached hydrogens (tertiary/aromatic N) is 2. The van der Waals surface area contributed by atoms with Crippen LogP contribution in [0.1, 0.15) is 89.0 Å². The quantitative estimate of drug-likeness (QED) is 0.429. The zero-order valence-electron chi connectivity index (χ0n) is 21.3. The normalized spacial score (nSPS) is 12.9. The third kappa shape index (κ3) is 5.34. The summed E-state index contributed by atoms with van der Waals surface area (Å²) >= 11 is 0. The minimum absolute atomic E-state index is 0.151. The molecule has 0 bridgehead atoms. The SMILES string of the molecule is Cc1cc(C)cc(NC(=O)c2cnn3c(NC(C)(C)CC(C)(C)C)c(C(C)(C)C)[nH]c23)c1. The second kappa shape index (κ2) is 7.98. The zero-order valence-corrected chi connectivity index (χ0v) is 21.3. The Kier molecular flexibility index (Phi) is 5.96. The number of hydrogen-bond acceptors (Lipinski definition) is 3. The fourth-order valence-electron chi connectivity index (χ4n) is 4.68. The molecule has 2 heterocycles. The van der Waals surface area contributed by atoms with E-state index in [1.807, 2.05) is 30.5 Å². The van der Waals surface area contributed by atoms with Gasteiger partial charge in [-0.15, -0.1) is 0 Å². The number of aryl methyl sites for hydroxylation is 2. The van der Waals surface area contributed by atoms with Gasteiger partial charge in [-0.1, -0.05) is 47.6 Å². The van der Waals surface area contributed by atoms with Crippen molar-refractivity contribution in [2.45, 2.75) is 86.6 Å². The maximum absolute atomic E-state index is 13.2. The molecule has 0 aliphatic carbocycles. The number of amides is 1. The highest BCUT2D eigenvalue weighted by Gasteiger charge is 2.32. The standard InChI is InChI=1S/C26H39N5O/c1-16-11-17(2)13-18(12-16)28-23(32)19-14-27-31-21(19)29-20(25(6,7)8)22(31)30-26(9,10)15-24(3,4)5/h11-14,29-30H,15H2,1-10H3,(H,28,32). The summed E-state index contributed by atoms with van der Waals surface area (Å²) in [6.07, 6.45) is 2.62. The Labute approximate surface area is 192 Å². The number of rotatable bonds is 5. The Hall–Kier alpha value is -2.76. The van der Waals surface area contributed by atoms with E-state index in [9.17, 15) is 4.79 Å². The van der Waals surface area contributed by atoms with Gasteiger partial charge in [-0.05, 0) is 62.8 Å². The summed E-state index contributed by atoms with van der Waals surface area (Å²) in [6, 6.07) is 6.04. The highest BCUT2D eigenvalue weighted by molar-refractivity contribution is 6.08. The summed E-state index contributed by atoms with van der Waals surface area (Å²) in [5.41, 5.74) is 5.15. The van der Waals surface area contributed by atoms with E-state index in [0.29, 0.717) is 11.2 Å². The fourth-order valence-corrected chi connectivity index (χ4v) is 4.68. The van der Waals surface area contributed by atoms with Gasteiger partial charge >= 0.3 is 0 Å². The van der Waals surface area contributed by atoms with Gasteiger partial charge in [0.1, 0.15) is 17.0 Å². The van der Waals surface area contributed by atoms with Crippen molar-refractivity contribution in [2.24, 2.45) is 5.41 Å². The lowest BCUT2D eigenvalue weighted by molar-refractivity contribution is 0.102. The molecule has 0 atom stereocenters. The first-order valence-electron chi connectivity index (χ1n) is 11.3. The van der Waals surface area contributed by atoms with Crippen LogP contribution in [0, 0.1) is 19.3 Å². The van der Waals surface area contributed by atoms with Gasteiger partial charge in [-0.25, -0.2) is 0 Å². The minimum Gasteiger partial charge on any atom is -0.364 e. The van der Waals surface area contributed by atoms with Crippen molar-refractivity contribution in [3.05, 3.63) is 46.8 Å². The average Bonchev–Trinajstić information content (AvgIpc) is 3.11. The van der Waals surface area contributed by atoms with Gasteiger partial charge in [0.2, 0.25) is 0 Å². The second-order valence-electron chi connectivity index (χ2n) is 12.0. The largest absolute Gasteiger partial charge is 0.364 e. The molecule has 0 aliphatic heterocycles. The number of anilines is 2. The third-order valence-corrected chi connectivity index (χ3v) is 5.36. The number of benzene rings is 1. The maximum Gasteiger partial charge on any atom is 0.261 e. The Balaban J connectivity index is 2.02. The molecular weight excluding hydrogens is 398 g/mol. The lowest BCUT2D eigenvalue weighted by Crippen LogP contribution is -2.36. The molecule has 3 N–H and O–H groups in total. The smallest absolute Gasteiger partial charge is 0.261 e. The predicted octanol–water partition coefficient (Wildman–Crippen LogP) is 6.46. The van der Waals surface area contributed by atoms with Gasteiger partial charge in [0.25, 0.3) is 5.91 Å². The molecule has 0 fully saturated rings. The van der Waals surface area contributed by atoms with Crippen molar-refractivity contribution in [1.29, 1.82) is 0 Å². The number of H-pyrrole nitrogens is 1. The Bertz CT molecular complexity index is 1120. The van der Waals surface area contributed by atoms with E-state index < -0.39 is 0 Å². The molecule has 6 heteroatoms. The van der Waals surface area contributed by atoms with Crippen LogP contribution in [-0.2, 0) is 5.41 Å². The maximum atomic E-state index is 13.2. The average molecular weight is 438 g/mol. The first kappa shape index (κ1) is 23.9. The van der Waals surface area contributed by atoms with Gasteiger partial charge < -0.3 is 15.6 Å². The van der Waals surface area contributed by atoms with Crippen LogP contribution in [0.25, 0.3) is 5.65 Å².